The minimum Gasteiger partial charge on any atom is -0.300 e. The first-order valence-corrected chi connectivity index (χ1v) is 7.57. The Bertz CT molecular complexity index is 613. The molecule has 1 aromatic rings. The Kier molecular flexibility index (Phi) is 10.6. The van der Waals surface area contributed by atoms with Gasteiger partial charge in [0.1, 0.15) is 0 Å². The van der Waals surface area contributed by atoms with Crippen LogP contribution in [0, 0.1) is 0 Å². The SMILES string of the molecule is CC(C)=CCON.CC(C)=CCON1C(=O)c2ccccc2C1=O.Cl. The Morgan fingerprint density at radius 3 is 1.76 bits per heavy atom. The summed E-state index contributed by atoms with van der Waals surface area (Å²) in [6, 6.07) is 6.70. The Morgan fingerprint density at radius 2 is 1.40 bits per heavy atom. The third kappa shape index (κ3) is 7.19. The summed E-state index contributed by atoms with van der Waals surface area (Å²) in [7, 11) is 0. The summed E-state index contributed by atoms with van der Waals surface area (Å²) in [5, 5.41) is 0.824. The summed E-state index contributed by atoms with van der Waals surface area (Å²) < 4.78 is 0. The van der Waals surface area contributed by atoms with Gasteiger partial charge in [0, 0.05) is 0 Å². The highest BCUT2D eigenvalue weighted by Gasteiger charge is 2.36. The van der Waals surface area contributed by atoms with E-state index in [9.17, 15) is 9.59 Å². The van der Waals surface area contributed by atoms with Crippen molar-refractivity contribution in [1.29, 1.82) is 0 Å². The van der Waals surface area contributed by atoms with Crippen molar-refractivity contribution < 1.29 is 19.3 Å². The fourth-order valence-corrected chi connectivity index (χ4v) is 1.78. The van der Waals surface area contributed by atoms with Crippen molar-refractivity contribution in [2.45, 2.75) is 27.7 Å². The van der Waals surface area contributed by atoms with E-state index in [-0.39, 0.29) is 19.0 Å². The molecule has 2 N–H and O–H groups in total. The number of nitrogens with two attached hydrogens (primary N) is 1. The molecule has 0 aromatic heterocycles. The van der Waals surface area contributed by atoms with E-state index >= 15 is 0 Å². The number of carbonyl (C=O) groups excluding carboxylic acids is 2. The summed E-state index contributed by atoms with van der Waals surface area (Å²) in [6.07, 6.45) is 3.73. The monoisotopic (exact) mass is 368 g/mol. The molecule has 2 amide bonds. The van der Waals surface area contributed by atoms with Crippen LogP contribution in [0.15, 0.2) is 47.6 Å². The Labute approximate surface area is 154 Å². The first-order chi connectivity index (χ1) is 11.4. The van der Waals surface area contributed by atoms with Crippen molar-refractivity contribution in [1.82, 2.24) is 5.06 Å². The second kappa shape index (κ2) is 11.5. The van der Waals surface area contributed by atoms with Gasteiger partial charge in [-0.2, -0.15) is 0 Å². The van der Waals surface area contributed by atoms with Crippen LogP contribution < -0.4 is 5.90 Å². The van der Waals surface area contributed by atoms with E-state index in [0.717, 1.165) is 10.6 Å². The van der Waals surface area contributed by atoms with Gasteiger partial charge in [-0.15, -0.1) is 17.5 Å². The Balaban J connectivity index is 0.000000620. The fraction of sp³-hybridized carbons (Fsp3) is 0.333. The molecule has 1 aliphatic rings. The Morgan fingerprint density at radius 1 is 0.960 bits per heavy atom. The average Bonchev–Trinajstić information content (AvgIpc) is 2.78. The number of hydrogen-bond donors (Lipinski definition) is 1. The number of nitrogens with zero attached hydrogens (tertiary/aromatic N) is 1. The van der Waals surface area contributed by atoms with Gasteiger partial charge in [0.15, 0.2) is 0 Å². The molecule has 25 heavy (non-hydrogen) atoms. The van der Waals surface area contributed by atoms with E-state index in [2.05, 4.69) is 4.84 Å². The topological polar surface area (TPSA) is 81.9 Å². The number of fused-ring (bicyclic) bond motifs is 1. The van der Waals surface area contributed by atoms with E-state index in [0.29, 0.717) is 17.7 Å². The predicted octanol–water partition coefficient (Wildman–Crippen LogP) is 3.45. The number of allylic oxidation sites excluding steroid dienone is 2. The number of benzene rings is 1. The van der Waals surface area contributed by atoms with Crippen LogP contribution in [-0.2, 0) is 9.68 Å². The molecule has 0 bridgehead atoms. The van der Waals surface area contributed by atoms with Gasteiger partial charge in [0.25, 0.3) is 11.8 Å². The molecule has 1 heterocycles. The maximum Gasteiger partial charge on any atom is 0.285 e. The van der Waals surface area contributed by atoms with Crippen LogP contribution in [0.1, 0.15) is 48.4 Å². The third-order valence-electron chi connectivity index (χ3n) is 3.04. The van der Waals surface area contributed by atoms with Crippen molar-refractivity contribution in [3.8, 4) is 0 Å². The molecule has 0 unspecified atom stereocenters. The highest BCUT2D eigenvalue weighted by atomic mass is 35.5. The maximum absolute atomic E-state index is 11.8. The fourth-order valence-electron chi connectivity index (χ4n) is 1.78. The van der Waals surface area contributed by atoms with Crippen molar-refractivity contribution in [2.75, 3.05) is 13.2 Å². The van der Waals surface area contributed by atoms with E-state index in [1.807, 2.05) is 39.8 Å². The van der Waals surface area contributed by atoms with Gasteiger partial charge in [-0.1, -0.05) is 35.4 Å². The molecule has 2 rings (SSSR count). The molecule has 1 aliphatic heterocycles. The van der Waals surface area contributed by atoms with Crippen LogP contribution in [0.3, 0.4) is 0 Å². The highest BCUT2D eigenvalue weighted by molar-refractivity contribution is 6.20. The molecule has 0 saturated carbocycles. The van der Waals surface area contributed by atoms with Crippen LogP contribution in [0.4, 0.5) is 0 Å². The number of hydrogen-bond acceptors (Lipinski definition) is 5. The van der Waals surface area contributed by atoms with Crippen molar-refractivity contribution >= 4 is 24.2 Å². The minimum absolute atomic E-state index is 0. The number of halogens is 1. The molecule has 0 fully saturated rings. The maximum atomic E-state index is 11.8. The third-order valence-corrected chi connectivity index (χ3v) is 3.04. The van der Waals surface area contributed by atoms with Gasteiger partial charge in [-0.3, -0.25) is 14.4 Å². The van der Waals surface area contributed by atoms with E-state index in [1.165, 1.54) is 5.57 Å². The van der Waals surface area contributed by atoms with E-state index in [1.54, 1.807) is 24.3 Å². The van der Waals surface area contributed by atoms with Gasteiger partial charge in [-0.25, -0.2) is 5.90 Å². The zero-order valence-corrected chi connectivity index (χ0v) is 15.8. The zero-order valence-electron chi connectivity index (χ0n) is 14.9. The predicted molar refractivity (Wildman–Crippen MR) is 99.1 cm³/mol. The lowest BCUT2D eigenvalue weighted by atomic mass is 10.1. The Hall–Kier alpha value is -1.99. The first kappa shape index (κ1) is 23.0. The molecule has 0 atom stereocenters. The van der Waals surface area contributed by atoms with Gasteiger partial charge >= 0.3 is 0 Å². The number of carbonyl (C=O) groups is 2. The van der Waals surface area contributed by atoms with Crippen molar-refractivity contribution in [3.05, 3.63) is 58.7 Å². The molecule has 0 saturated heterocycles. The zero-order chi connectivity index (χ0) is 18.1. The van der Waals surface area contributed by atoms with Gasteiger partial charge in [0.05, 0.1) is 24.3 Å². The smallest absolute Gasteiger partial charge is 0.285 e. The normalized spacial score (nSPS) is 11.8. The molecular formula is C18H25ClN2O4. The van der Waals surface area contributed by atoms with E-state index in [4.69, 9.17) is 10.7 Å². The number of amides is 2. The summed E-state index contributed by atoms with van der Waals surface area (Å²) in [5.41, 5.74) is 3.09. The molecule has 0 aliphatic carbocycles. The van der Waals surface area contributed by atoms with Crippen molar-refractivity contribution in [3.63, 3.8) is 0 Å². The van der Waals surface area contributed by atoms with Crippen LogP contribution in [0.2, 0.25) is 0 Å². The first-order valence-electron chi connectivity index (χ1n) is 7.57. The van der Waals surface area contributed by atoms with Crippen LogP contribution in [0.5, 0.6) is 0 Å². The lowest BCUT2D eigenvalue weighted by Crippen LogP contribution is -2.30. The van der Waals surface area contributed by atoms with Gasteiger partial charge in [0.2, 0.25) is 0 Å². The molecule has 0 radical (unpaired) electrons. The molecule has 6 nitrogen and oxygen atoms in total. The lowest BCUT2D eigenvalue weighted by molar-refractivity contribution is -0.0803. The van der Waals surface area contributed by atoms with Crippen LogP contribution in [-0.4, -0.2) is 30.1 Å². The molecule has 1 aromatic carbocycles. The molecule has 0 spiro atoms. The van der Waals surface area contributed by atoms with E-state index < -0.39 is 11.8 Å². The van der Waals surface area contributed by atoms with Crippen LogP contribution in [0.25, 0.3) is 0 Å². The lowest BCUT2D eigenvalue weighted by Gasteiger charge is -2.11. The second-order valence-corrected chi connectivity index (χ2v) is 5.64. The van der Waals surface area contributed by atoms with Gasteiger partial charge < -0.3 is 4.84 Å². The summed E-state index contributed by atoms with van der Waals surface area (Å²) in [5.74, 6) is 3.94. The standard InChI is InChI=1S/C13H13NO3.C5H11NO.ClH/c1-9(2)7-8-17-14-12(15)10-5-3-4-6-11(10)13(14)16;1-5(2)3-4-7-6;/h3-7H,8H2,1-2H3;3H,4,6H2,1-2H3;1H. The number of hydroxylamine groups is 2. The molecule has 7 heteroatoms. The average molecular weight is 369 g/mol. The highest BCUT2D eigenvalue weighted by Crippen LogP contribution is 2.22. The summed E-state index contributed by atoms with van der Waals surface area (Å²) >= 11 is 0. The van der Waals surface area contributed by atoms with Gasteiger partial charge in [-0.05, 0) is 39.8 Å². The molecule has 138 valence electrons. The largest absolute Gasteiger partial charge is 0.300 e. The quantitative estimate of drug-likeness (QED) is 0.489. The second-order valence-electron chi connectivity index (χ2n) is 5.64. The van der Waals surface area contributed by atoms with Crippen LogP contribution >= 0.6 is 12.4 Å². The number of rotatable bonds is 5. The summed E-state index contributed by atoms with van der Waals surface area (Å²) in [4.78, 5) is 33.1. The number of imide groups is 1. The molecular weight excluding hydrogens is 344 g/mol. The summed E-state index contributed by atoms with van der Waals surface area (Å²) in [6.45, 7) is 8.58. The van der Waals surface area contributed by atoms with Crippen molar-refractivity contribution in [2.24, 2.45) is 5.90 Å². The minimum atomic E-state index is -0.396.